The predicted octanol–water partition coefficient (Wildman–Crippen LogP) is 4.54. The molecule has 0 fully saturated rings. The van der Waals surface area contributed by atoms with Crippen LogP contribution in [0.4, 0.5) is 0 Å². The van der Waals surface area contributed by atoms with Gasteiger partial charge in [0.05, 0.1) is 18.7 Å². The fourth-order valence-electron chi connectivity index (χ4n) is 2.35. The number of carbonyl (C=O) groups is 1. The van der Waals surface area contributed by atoms with Gasteiger partial charge in [0.1, 0.15) is 17.4 Å². The number of amides is 1. The highest BCUT2D eigenvalue weighted by molar-refractivity contribution is 7.13. The summed E-state index contributed by atoms with van der Waals surface area (Å²) < 4.78 is 5.63. The molecule has 1 amide bonds. The summed E-state index contributed by atoms with van der Waals surface area (Å²) in [5.41, 5.74) is 1.87. The molecule has 0 saturated heterocycles. The third kappa shape index (κ3) is 5.07. The van der Waals surface area contributed by atoms with Crippen LogP contribution in [0.3, 0.4) is 0 Å². The number of likely N-dealkylation sites (N-methyl/N-ethyl adjacent to an activating group) is 1. The van der Waals surface area contributed by atoms with Gasteiger partial charge in [0, 0.05) is 23.0 Å². The lowest BCUT2D eigenvalue weighted by Gasteiger charge is -2.17. The number of thiazole rings is 1. The Bertz CT molecular complexity index is 850. The van der Waals surface area contributed by atoms with Crippen LogP contribution < -0.4 is 4.74 Å². The van der Waals surface area contributed by atoms with E-state index in [-0.39, 0.29) is 5.91 Å². The van der Waals surface area contributed by atoms with Crippen molar-refractivity contribution in [2.45, 2.75) is 6.42 Å². The Morgan fingerprint density at radius 3 is 2.62 bits per heavy atom. The first-order valence-electron chi connectivity index (χ1n) is 8.24. The molecule has 134 valence electrons. The third-order valence-corrected chi connectivity index (χ3v) is 5.03. The monoisotopic (exact) mass is 386 g/mol. The second kappa shape index (κ2) is 8.83. The fourth-order valence-corrected chi connectivity index (χ4v) is 3.30. The van der Waals surface area contributed by atoms with Crippen molar-refractivity contribution in [3.8, 4) is 16.3 Å². The molecule has 0 unspecified atom stereocenters. The molecule has 0 atom stereocenters. The second-order valence-corrected chi connectivity index (χ2v) is 7.10. The van der Waals surface area contributed by atoms with Gasteiger partial charge in [-0.25, -0.2) is 4.98 Å². The lowest BCUT2D eigenvalue weighted by Crippen LogP contribution is -2.32. The van der Waals surface area contributed by atoms with Gasteiger partial charge in [0.2, 0.25) is 5.91 Å². The molecule has 0 N–H and O–H groups in total. The number of halogens is 1. The van der Waals surface area contributed by atoms with Crippen LogP contribution in [0, 0.1) is 0 Å². The lowest BCUT2D eigenvalue weighted by atomic mass is 10.2. The van der Waals surface area contributed by atoms with Gasteiger partial charge in [-0.1, -0.05) is 41.9 Å². The summed E-state index contributed by atoms with van der Waals surface area (Å²) in [6.07, 6.45) is 0.292. The average molecular weight is 387 g/mol. The molecule has 4 nitrogen and oxygen atoms in total. The number of ether oxygens (including phenoxy) is 1. The summed E-state index contributed by atoms with van der Waals surface area (Å²) >= 11 is 7.40. The van der Waals surface area contributed by atoms with Gasteiger partial charge in [0.15, 0.2) is 0 Å². The molecule has 1 heterocycles. The van der Waals surface area contributed by atoms with E-state index in [2.05, 4.69) is 4.98 Å². The number of benzene rings is 2. The minimum atomic E-state index is 0.0228. The van der Waals surface area contributed by atoms with Crippen LogP contribution in [0.1, 0.15) is 5.69 Å². The first-order chi connectivity index (χ1) is 12.6. The van der Waals surface area contributed by atoms with Gasteiger partial charge in [-0.05, 0) is 24.3 Å². The highest BCUT2D eigenvalue weighted by Crippen LogP contribution is 2.23. The summed E-state index contributed by atoms with van der Waals surface area (Å²) in [7, 11) is 1.78. The molecule has 3 aromatic rings. The Hall–Kier alpha value is -2.37. The number of carbonyl (C=O) groups excluding carboxylic acids is 1. The van der Waals surface area contributed by atoms with Gasteiger partial charge in [-0.2, -0.15) is 0 Å². The summed E-state index contributed by atoms with van der Waals surface area (Å²) in [5.74, 6) is 0.761. The quantitative estimate of drug-likeness (QED) is 0.598. The number of nitrogens with zero attached hydrogens (tertiary/aromatic N) is 2. The number of hydrogen-bond donors (Lipinski definition) is 0. The molecule has 0 saturated carbocycles. The highest BCUT2D eigenvalue weighted by atomic mass is 35.5. The van der Waals surface area contributed by atoms with E-state index in [1.807, 2.05) is 47.8 Å². The predicted molar refractivity (Wildman–Crippen MR) is 106 cm³/mol. The molecular formula is C20H19ClN2O2S. The van der Waals surface area contributed by atoms with Crippen molar-refractivity contribution >= 4 is 28.8 Å². The molecule has 0 aliphatic rings. The zero-order chi connectivity index (χ0) is 18.4. The first-order valence-corrected chi connectivity index (χ1v) is 9.50. The Balaban J connectivity index is 1.48. The van der Waals surface area contributed by atoms with E-state index in [0.29, 0.717) is 24.6 Å². The van der Waals surface area contributed by atoms with Crippen LogP contribution in [-0.2, 0) is 11.2 Å². The van der Waals surface area contributed by atoms with E-state index in [0.717, 1.165) is 22.0 Å². The largest absolute Gasteiger partial charge is 0.492 e. The van der Waals surface area contributed by atoms with E-state index in [1.54, 1.807) is 35.4 Å². The Kier molecular flexibility index (Phi) is 6.26. The van der Waals surface area contributed by atoms with Crippen molar-refractivity contribution in [1.82, 2.24) is 9.88 Å². The van der Waals surface area contributed by atoms with E-state index < -0.39 is 0 Å². The maximum absolute atomic E-state index is 12.4. The van der Waals surface area contributed by atoms with Gasteiger partial charge < -0.3 is 9.64 Å². The van der Waals surface area contributed by atoms with Crippen molar-refractivity contribution in [3.63, 3.8) is 0 Å². The SMILES string of the molecule is CN(CCOc1ccc(Cl)cc1)C(=O)Cc1csc(-c2ccccc2)n1. The van der Waals surface area contributed by atoms with Gasteiger partial charge >= 0.3 is 0 Å². The topological polar surface area (TPSA) is 42.4 Å². The Morgan fingerprint density at radius 1 is 1.15 bits per heavy atom. The maximum atomic E-state index is 12.4. The summed E-state index contributed by atoms with van der Waals surface area (Å²) in [6.45, 7) is 0.938. The normalized spacial score (nSPS) is 10.5. The number of rotatable bonds is 7. The molecule has 6 heteroatoms. The molecule has 1 aromatic heterocycles. The molecule has 0 bridgehead atoms. The molecular weight excluding hydrogens is 368 g/mol. The minimum absolute atomic E-state index is 0.0228. The van der Waals surface area contributed by atoms with Crippen molar-refractivity contribution in [3.05, 3.63) is 70.7 Å². The highest BCUT2D eigenvalue weighted by Gasteiger charge is 2.13. The van der Waals surface area contributed by atoms with Crippen LogP contribution in [0.5, 0.6) is 5.75 Å². The number of aromatic nitrogens is 1. The Labute approximate surface area is 162 Å². The molecule has 26 heavy (non-hydrogen) atoms. The second-order valence-electron chi connectivity index (χ2n) is 5.80. The van der Waals surface area contributed by atoms with Crippen LogP contribution >= 0.6 is 22.9 Å². The molecule has 0 radical (unpaired) electrons. The van der Waals surface area contributed by atoms with E-state index >= 15 is 0 Å². The lowest BCUT2D eigenvalue weighted by molar-refractivity contribution is -0.129. The zero-order valence-electron chi connectivity index (χ0n) is 14.4. The average Bonchev–Trinajstić information content (AvgIpc) is 3.12. The van der Waals surface area contributed by atoms with E-state index in [1.165, 1.54) is 0 Å². The van der Waals surface area contributed by atoms with Gasteiger partial charge in [-0.3, -0.25) is 4.79 Å². The molecule has 3 rings (SSSR count). The first kappa shape index (κ1) is 18.4. The van der Waals surface area contributed by atoms with Crippen molar-refractivity contribution in [2.24, 2.45) is 0 Å². The molecule has 0 aliphatic carbocycles. The summed E-state index contributed by atoms with van der Waals surface area (Å²) in [5, 5.41) is 3.54. The number of hydrogen-bond acceptors (Lipinski definition) is 4. The smallest absolute Gasteiger partial charge is 0.228 e. The third-order valence-electron chi connectivity index (χ3n) is 3.84. The van der Waals surface area contributed by atoms with Crippen LogP contribution in [-0.4, -0.2) is 36.0 Å². The van der Waals surface area contributed by atoms with Crippen molar-refractivity contribution in [1.29, 1.82) is 0 Å². The minimum Gasteiger partial charge on any atom is -0.492 e. The maximum Gasteiger partial charge on any atom is 0.228 e. The van der Waals surface area contributed by atoms with Gasteiger partial charge in [-0.15, -0.1) is 11.3 Å². The Morgan fingerprint density at radius 2 is 1.88 bits per heavy atom. The van der Waals surface area contributed by atoms with Crippen LogP contribution in [0.15, 0.2) is 60.0 Å². The van der Waals surface area contributed by atoms with Crippen molar-refractivity contribution < 1.29 is 9.53 Å². The molecule has 0 aliphatic heterocycles. The van der Waals surface area contributed by atoms with Crippen molar-refractivity contribution in [2.75, 3.05) is 20.2 Å². The molecule has 2 aromatic carbocycles. The van der Waals surface area contributed by atoms with E-state index in [4.69, 9.17) is 16.3 Å². The van der Waals surface area contributed by atoms with E-state index in [9.17, 15) is 4.79 Å². The standard InChI is InChI=1S/C20H19ClN2O2S/c1-23(11-12-25-18-9-7-16(21)8-10-18)19(24)13-17-14-26-20(22-17)15-5-3-2-4-6-15/h2-10,14H,11-13H2,1H3. The molecule has 0 spiro atoms. The summed E-state index contributed by atoms with van der Waals surface area (Å²) in [4.78, 5) is 18.6. The van der Waals surface area contributed by atoms with Crippen LogP contribution in [0.25, 0.3) is 10.6 Å². The fraction of sp³-hybridized carbons (Fsp3) is 0.200. The van der Waals surface area contributed by atoms with Gasteiger partial charge in [0.25, 0.3) is 0 Å². The summed E-state index contributed by atoms with van der Waals surface area (Å²) in [6, 6.07) is 17.1. The van der Waals surface area contributed by atoms with Crippen LogP contribution in [0.2, 0.25) is 5.02 Å². The zero-order valence-corrected chi connectivity index (χ0v) is 16.0.